The number of carbonyl (C=O) groups excluding carboxylic acids is 1. The number of imidazole rings is 1. The number of hydrogen-bond donors (Lipinski definition) is 1. The molecule has 40 heavy (non-hydrogen) atoms. The van der Waals surface area contributed by atoms with Gasteiger partial charge in [-0.25, -0.2) is 9.97 Å². The summed E-state index contributed by atoms with van der Waals surface area (Å²) in [5.41, 5.74) is 9.95. The molecule has 0 bridgehead atoms. The number of nitrogens with zero attached hydrogens (tertiary/aromatic N) is 5. The largest absolute Gasteiger partial charge is 0.489 e. The second-order valence-electron chi connectivity index (χ2n) is 10.6. The first-order valence-electron chi connectivity index (χ1n) is 14.3. The lowest BCUT2D eigenvalue weighted by Gasteiger charge is -2.25. The molecule has 2 aromatic heterocycles. The molecule has 2 saturated heterocycles. The third-order valence-electron chi connectivity index (χ3n) is 7.89. The summed E-state index contributed by atoms with van der Waals surface area (Å²) in [7, 11) is 0. The number of piperidine rings is 1. The van der Waals surface area contributed by atoms with Crippen molar-refractivity contribution in [3.05, 3.63) is 90.5 Å². The highest BCUT2D eigenvalue weighted by atomic mass is 16.5. The Morgan fingerprint density at radius 1 is 1.00 bits per heavy atom. The fourth-order valence-corrected chi connectivity index (χ4v) is 5.81. The first-order chi connectivity index (χ1) is 19.7. The van der Waals surface area contributed by atoms with Crippen LogP contribution in [0.15, 0.2) is 79.1 Å². The van der Waals surface area contributed by atoms with Crippen LogP contribution in [0.4, 0.5) is 5.82 Å². The third kappa shape index (κ3) is 5.58. The first kappa shape index (κ1) is 26.1. The maximum Gasteiger partial charge on any atom is 0.246 e. The number of benzene rings is 2. The van der Waals surface area contributed by atoms with Gasteiger partial charge in [0.15, 0.2) is 0 Å². The van der Waals surface area contributed by atoms with Crippen LogP contribution in [-0.2, 0) is 11.4 Å². The standard InChI is InChI=1S/C32H36N6O2/c33-31-30-29(25-13-15-26(16-14-25)40-23-24-9-3-1-4-10-24)35-32(38(30)22-17-34-31)27-11-7-21-37(27)28(39)12-8-20-36-18-5-2-6-19-36/h1,3-4,8-10,12-17,22,27H,2,5-7,11,18-21,23H2,(H2,33,34)/b12-8+/t27-/m0/s1. The summed E-state index contributed by atoms with van der Waals surface area (Å²) < 4.78 is 7.98. The zero-order valence-corrected chi connectivity index (χ0v) is 22.8. The SMILES string of the molecule is Nc1nccn2c([C@@H]3CCCN3C(=O)/C=C/CN3CCCCC3)nc(-c3ccc(OCc4ccccc4)cc3)c12. The van der Waals surface area contributed by atoms with E-state index in [1.165, 1.54) is 19.3 Å². The van der Waals surface area contributed by atoms with E-state index in [1.54, 1.807) is 12.3 Å². The zero-order valence-electron chi connectivity index (χ0n) is 22.8. The van der Waals surface area contributed by atoms with E-state index in [2.05, 4.69) is 9.88 Å². The van der Waals surface area contributed by atoms with Gasteiger partial charge < -0.3 is 15.4 Å². The molecule has 0 spiro atoms. The molecule has 1 amide bonds. The van der Waals surface area contributed by atoms with Crippen molar-refractivity contribution in [1.29, 1.82) is 0 Å². The predicted molar refractivity (Wildman–Crippen MR) is 157 cm³/mol. The van der Waals surface area contributed by atoms with Gasteiger partial charge in [-0.1, -0.05) is 42.8 Å². The van der Waals surface area contributed by atoms with Gasteiger partial charge in [0, 0.05) is 37.1 Å². The van der Waals surface area contributed by atoms with Crippen molar-refractivity contribution >= 4 is 17.2 Å². The summed E-state index contributed by atoms with van der Waals surface area (Å²) in [4.78, 5) is 27.1. The predicted octanol–water partition coefficient (Wildman–Crippen LogP) is 5.26. The number of carbonyl (C=O) groups is 1. The van der Waals surface area contributed by atoms with Gasteiger partial charge in [-0.15, -0.1) is 0 Å². The van der Waals surface area contributed by atoms with Crippen LogP contribution in [-0.4, -0.2) is 56.3 Å². The van der Waals surface area contributed by atoms with Crippen molar-refractivity contribution in [2.45, 2.75) is 44.8 Å². The van der Waals surface area contributed by atoms with Crippen LogP contribution in [0.3, 0.4) is 0 Å². The number of fused-ring (bicyclic) bond motifs is 1. The maximum absolute atomic E-state index is 13.3. The molecular weight excluding hydrogens is 500 g/mol. The molecule has 8 heteroatoms. The smallest absolute Gasteiger partial charge is 0.246 e. The molecule has 6 rings (SSSR count). The van der Waals surface area contributed by atoms with Crippen LogP contribution in [0.2, 0.25) is 0 Å². The van der Waals surface area contributed by atoms with E-state index in [-0.39, 0.29) is 11.9 Å². The van der Waals surface area contributed by atoms with Gasteiger partial charge in [0.05, 0.1) is 6.04 Å². The molecule has 4 aromatic rings. The number of nitrogen functional groups attached to an aromatic ring is 1. The minimum absolute atomic E-state index is 0.0414. The van der Waals surface area contributed by atoms with E-state index in [4.69, 9.17) is 15.5 Å². The Kier molecular flexibility index (Phi) is 7.77. The van der Waals surface area contributed by atoms with Crippen LogP contribution in [0.25, 0.3) is 16.8 Å². The maximum atomic E-state index is 13.3. The van der Waals surface area contributed by atoms with Gasteiger partial charge in [-0.2, -0.15) is 0 Å². The van der Waals surface area contributed by atoms with Crippen LogP contribution in [0.5, 0.6) is 5.75 Å². The molecule has 206 valence electrons. The monoisotopic (exact) mass is 536 g/mol. The Labute approximate surface area is 235 Å². The molecule has 2 aliphatic rings. The summed E-state index contributed by atoms with van der Waals surface area (Å²) in [6.45, 7) is 4.28. The molecular formula is C32H36N6O2. The summed E-state index contributed by atoms with van der Waals surface area (Å²) in [6, 6.07) is 17.9. The highest BCUT2D eigenvalue weighted by molar-refractivity contribution is 5.89. The molecule has 1 atom stereocenters. The fourth-order valence-electron chi connectivity index (χ4n) is 5.81. The molecule has 0 radical (unpaired) electrons. The van der Waals surface area contributed by atoms with Gasteiger partial charge in [0.2, 0.25) is 5.91 Å². The molecule has 8 nitrogen and oxygen atoms in total. The van der Waals surface area contributed by atoms with Crippen molar-refractivity contribution in [3.63, 3.8) is 0 Å². The fraction of sp³-hybridized carbons (Fsp3) is 0.344. The lowest BCUT2D eigenvalue weighted by atomic mass is 10.1. The quantitative estimate of drug-likeness (QED) is 0.309. The number of rotatable bonds is 8. The van der Waals surface area contributed by atoms with Crippen molar-refractivity contribution in [2.24, 2.45) is 0 Å². The molecule has 0 unspecified atom stereocenters. The van der Waals surface area contributed by atoms with E-state index in [0.29, 0.717) is 12.4 Å². The van der Waals surface area contributed by atoms with E-state index in [1.807, 2.05) is 76.2 Å². The minimum atomic E-state index is -0.122. The Morgan fingerprint density at radius 3 is 2.60 bits per heavy atom. The number of likely N-dealkylation sites (tertiary alicyclic amines) is 2. The number of ether oxygens (including phenoxy) is 1. The summed E-state index contributed by atoms with van der Waals surface area (Å²) >= 11 is 0. The first-order valence-corrected chi connectivity index (χ1v) is 14.3. The molecule has 2 aromatic carbocycles. The number of anilines is 1. The molecule has 4 heterocycles. The summed E-state index contributed by atoms with van der Waals surface area (Å²) in [5, 5.41) is 0. The van der Waals surface area contributed by atoms with E-state index in [9.17, 15) is 4.79 Å². The number of aromatic nitrogens is 3. The number of nitrogens with two attached hydrogens (primary N) is 1. The Balaban J connectivity index is 1.23. The molecule has 2 N–H and O–H groups in total. The van der Waals surface area contributed by atoms with Gasteiger partial charge in [-0.3, -0.25) is 14.1 Å². The second kappa shape index (κ2) is 11.9. The Hall–Kier alpha value is -4.17. The van der Waals surface area contributed by atoms with Crippen molar-refractivity contribution in [2.75, 3.05) is 31.9 Å². The second-order valence-corrected chi connectivity index (χ2v) is 10.6. The van der Waals surface area contributed by atoms with Gasteiger partial charge >= 0.3 is 0 Å². The topological polar surface area (TPSA) is 89.0 Å². The highest BCUT2D eigenvalue weighted by Crippen LogP contribution is 2.37. The van der Waals surface area contributed by atoms with Gasteiger partial charge in [0.1, 0.15) is 35.2 Å². The number of hydrogen-bond acceptors (Lipinski definition) is 6. The normalized spacial score (nSPS) is 18.1. The Morgan fingerprint density at radius 2 is 1.80 bits per heavy atom. The molecule has 2 aliphatic heterocycles. The average molecular weight is 537 g/mol. The lowest BCUT2D eigenvalue weighted by Crippen LogP contribution is -2.31. The molecule has 2 fully saturated rings. The van der Waals surface area contributed by atoms with Crippen LogP contribution >= 0.6 is 0 Å². The minimum Gasteiger partial charge on any atom is -0.489 e. The highest BCUT2D eigenvalue weighted by Gasteiger charge is 2.33. The third-order valence-corrected chi connectivity index (χ3v) is 7.89. The van der Waals surface area contributed by atoms with Crippen LogP contribution in [0.1, 0.15) is 49.5 Å². The zero-order chi connectivity index (χ0) is 27.3. The van der Waals surface area contributed by atoms with Crippen LogP contribution < -0.4 is 10.5 Å². The van der Waals surface area contributed by atoms with Crippen molar-refractivity contribution < 1.29 is 9.53 Å². The lowest BCUT2D eigenvalue weighted by molar-refractivity contribution is -0.127. The summed E-state index contributed by atoms with van der Waals surface area (Å²) in [6.07, 6.45) is 12.9. The average Bonchev–Trinajstić information content (AvgIpc) is 3.63. The van der Waals surface area contributed by atoms with E-state index in [0.717, 1.165) is 72.9 Å². The van der Waals surface area contributed by atoms with Crippen molar-refractivity contribution in [3.8, 4) is 17.0 Å². The van der Waals surface area contributed by atoms with Gasteiger partial charge in [0.25, 0.3) is 0 Å². The van der Waals surface area contributed by atoms with Crippen LogP contribution in [0, 0.1) is 0 Å². The molecule has 0 aliphatic carbocycles. The number of amides is 1. The summed E-state index contributed by atoms with van der Waals surface area (Å²) in [5.74, 6) is 2.06. The van der Waals surface area contributed by atoms with E-state index >= 15 is 0 Å². The Bertz CT molecular complexity index is 1470. The van der Waals surface area contributed by atoms with Crippen molar-refractivity contribution in [1.82, 2.24) is 24.2 Å². The van der Waals surface area contributed by atoms with E-state index < -0.39 is 0 Å². The molecule has 0 saturated carbocycles. The van der Waals surface area contributed by atoms with Gasteiger partial charge in [-0.05, 0) is 68.6 Å².